The van der Waals surface area contributed by atoms with Crippen LogP contribution in [0.15, 0.2) is 16.9 Å². The second-order valence-corrected chi connectivity index (χ2v) is 7.97. The molecule has 2 aliphatic rings. The SMILES string of the molecule is Cn1c(=O)n(C2CCC(=O)NC2=O)c2ccc(N3CCC(CC(=O)O)CC3)c(F)c21. The van der Waals surface area contributed by atoms with Crippen molar-refractivity contribution in [3.63, 3.8) is 0 Å². The second-order valence-electron chi connectivity index (χ2n) is 7.97. The molecule has 10 heteroatoms. The quantitative estimate of drug-likeness (QED) is 0.720. The van der Waals surface area contributed by atoms with Gasteiger partial charge in [0, 0.05) is 33.0 Å². The minimum atomic E-state index is -0.865. The normalized spacial score (nSPS) is 20.6. The van der Waals surface area contributed by atoms with E-state index >= 15 is 4.39 Å². The summed E-state index contributed by atoms with van der Waals surface area (Å²) in [6, 6.07) is 2.36. The van der Waals surface area contributed by atoms with Crippen molar-refractivity contribution >= 4 is 34.5 Å². The molecule has 9 nitrogen and oxygen atoms in total. The second kappa shape index (κ2) is 7.58. The van der Waals surface area contributed by atoms with Crippen LogP contribution in [0.25, 0.3) is 11.0 Å². The van der Waals surface area contributed by atoms with E-state index in [1.54, 1.807) is 12.1 Å². The van der Waals surface area contributed by atoms with Gasteiger partial charge in [-0.25, -0.2) is 9.18 Å². The Bertz CT molecular complexity index is 1100. The van der Waals surface area contributed by atoms with Crippen LogP contribution in [0.5, 0.6) is 0 Å². The maximum atomic E-state index is 15.5. The lowest BCUT2D eigenvalue weighted by molar-refractivity contribution is -0.138. The molecule has 2 fully saturated rings. The number of imidazole rings is 1. The molecule has 0 aliphatic carbocycles. The molecule has 2 saturated heterocycles. The van der Waals surface area contributed by atoms with E-state index in [1.807, 2.05) is 4.90 Å². The third-order valence-electron chi connectivity index (χ3n) is 6.10. The van der Waals surface area contributed by atoms with E-state index in [4.69, 9.17) is 5.11 Å². The number of carbonyl (C=O) groups excluding carboxylic acids is 2. The molecule has 0 saturated carbocycles. The maximum Gasteiger partial charge on any atom is 0.329 e. The molecule has 4 rings (SSSR count). The van der Waals surface area contributed by atoms with Gasteiger partial charge in [0.15, 0.2) is 5.82 Å². The number of amides is 2. The van der Waals surface area contributed by atoms with E-state index in [-0.39, 0.29) is 36.6 Å². The molecule has 3 heterocycles. The molecular weight excluding hydrogens is 395 g/mol. The molecule has 2 N–H and O–H groups in total. The van der Waals surface area contributed by atoms with Crippen LogP contribution in [0.2, 0.25) is 0 Å². The van der Waals surface area contributed by atoms with Gasteiger partial charge < -0.3 is 10.0 Å². The Labute approximate surface area is 171 Å². The van der Waals surface area contributed by atoms with E-state index < -0.39 is 29.4 Å². The van der Waals surface area contributed by atoms with Crippen LogP contribution in [-0.4, -0.2) is 45.1 Å². The number of anilines is 1. The van der Waals surface area contributed by atoms with Crippen molar-refractivity contribution in [1.82, 2.24) is 14.5 Å². The fourth-order valence-corrected chi connectivity index (χ4v) is 4.52. The van der Waals surface area contributed by atoms with E-state index in [0.717, 1.165) is 0 Å². The topological polar surface area (TPSA) is 114 Å². The fraction of sp³-hybridized carbons (Fsp3) is 0.500. The first-order chi connectivity index (χ1) is 14.3. The summed E-state index contributed by atoms with van der Waals surface area (Å²) in [4.78, 5) is 49.3. The molecule has 1 aromatic heterocycles. The zero-order valence-corrected chi connectivity index (χ0v) is 16.6. The Balaban J connectivity index is 1.68. The Kier molecular flexibility index (Phi) is 5.08. The van der Waals surface area contributed by atoms with Gasteiger partial charge in [-0.05, 0) is 37.3 Å². The first kappa shape index (κ1) is 20.1. The molecule has 2 amide bonds. The van der Waals surface area contributed by atoms with E-state index in [2.05, 4.69) is 5.32 Å². The molecular formula is C20H23FN4O5. The number of aliphatic carboxylic acids is 1. The smallest absolute Gasteiger partial charge is 0.329 e. The number of nitrogens with one attached hydrogen (secondary N) is 1. The van der Waals surface area contributed by atoms with Crippen LogP contribution in [-0.2, 0) is 21.4 Å². The highest BCUT2D eigenvalue weighted by Crippen LogP contribution is 2.32. The van der Waals surface area contributed by atoms with Gasteiger partial charge in [-0.2, -0.15) is 0 Å². The van der Waals surface area contributed by atoms with E-state index in [9.17, 15) is 19.2 Å². The number of fused-ring (bicyclic) bond motifs is 1. The Hall–Kier alpha value is -3.17. The molecule has 1 aromatic carbocycles. The predicted octanol–water partition coefficient (Wildman–Crippen LogP) is 1.15. The van der Waals surface area contributed by atoms with Crippen LogP contribution < -0.4 is 15.9 Å². The molecule has 2 aliphatic heterocycles. The average Bonchev–Trinajstić information content (AvgIpc) is 2.94. The predicted molar refractivity (Wildman–Crippen MR) is 106 cm³/mol. The van der Waals surface area contributed by atoms with Crippen LogP contribution in [0.3, 0.4) is 0 Å². The van der Waals surface area contributed by atoms with Crippen molar-refractivity contribution in [2.45, 2.75) is 38.1 Å². The summed E-state index contributed by atoms with van der Waals surface area (Å²) in [7, 11) is 1.46. The Morgan fingerprint density at radius 1 is 1.20 bits per heavy atom. The third-order valence-corrected chi connectivity index (χ3v) is 6.10. The summed E-state index contributed by atoms with van der Waals surface area (Å²) < 4.78 is 17.9. The number of carbonyl (C=O) groups is 3. The van der Waals surface area contributed by atoms with Gasteiger partial charge in [0.1, 0.15) is 11.6 Å². The highest BCUT2D eigenvalue weighted by molar-refractivity contribution is 6.00. The van der Waals surface area contributed by atoms with Gasteiger partial charge in [0.2, 0.25) is 11.8 Å². The lowest BCUT2D eigenvalue weighted by Gasteiger charge is -2.33. The highest BCUT2D eigenvalue weighted by Gasteiger charge is 2.32. The highest BCUT2D eigenvalue weighted by atomic mass is 19.1. The lowest BCUT2D eigenvalue weighted by atomic mass is 9.93. The zero-order chi connectivity index (χ0) is 21.6. The molecule has 30 heavy (non-hydrogen) atoms. The summed E-state index contributed by atoms with van der Waals surface area (Å²) in [5.74, 6) is -2.25. The fourth-order valence-electron chi connectivity index (χ4n) is 4.52. The summed E-state index contributed by atoms with van der Waals surface area (Å²) in [5, 5.41) is 11.2. The van der Waals surface area contributed by atoms with Crippen molar-refractivity contribution in [2.24, 2.45) is 13.0 Å². The molecule has 0 spiro atoms. The van der Waals surface area contributed by atoms with Crippen molar-refractivity contribution in [3.8, 4) is 0 Å². The number of aromatic nitrogens is 2. The number of piperidine rings is 2. The largest absolute Gasteiger partial charge is 0.481 e. The Morgan fingerprint density at radius 2 is 1.90 bits per heavy atom. The van der Waals surface area contributed by atoms with E-state index in [1.165, 1.54) is 16.2 Å². The van der Waals surface area contributed by atoms with Crippen molar-refractivity contribution in [1.29, 1.82) is 0 Å². The number of benzene rings is 1. The zero-order valence-electron chi connectivity index (χ0n) is 16.6. The van der Waals surface area contributed by atoms with Gasteiger partial charge >= 0.3 is 11.7 Å². The minimum Gasteiger partial charge on any atom is -0.481 e. The van der Waals surface area contributed by atoms with Gasteiger partial charge in [0.05, 0.1) is 11.2 Å². The van der Waals surface area contributed by atoms with Gasteiger partial charge in [-0.15, -0.1) is 0 Å². The maximum absolute atomic E-state index is 15.5. The number of rotatable bonds is 4. The first-order valence-corrected chi connectivity index (χ1v) is 9.97. The van der Waals surface area contributed by atoms with Gasteiger partial charge in [-0.1, -0.05) is 0 Å². The molecule has 160 valence electrons. The van der Waals surface area contributed by atoms with Gasteiger partial charge in [-0.3, -0.25) is 28.8 Å². The molecule has 2 aromatic rings. The summed E-state index contributed by atoms with van der Waals surface area (Å²) >= 11 is 0. The minimum absolute atomic E-state index is 0.0727. The molecule has 1 atom stereocenters. The number of imide groups is 1. The van der Waals surface area contributed by atoms with E-state index in [0.29, 0.717) is 37.1 Å². The number of carboxylic acid groups (broad SMARTS) is 1. The number of hydrogen-bond donors (Lipinski definition) is 2. The van der Waals surface area contributed by atoms with Crippen LogP contribution in [0.1, 0.15) is 38.1 Å². The van der Waals surface area contributed by atoms with Crippen LogP contribution in [0, 0.1) is 11.7 Å². The van der Waals surface area contributed by atoms with Crippen LogP contribution in [0.4, 0.5) is 10.1 Å². The molecule has 0 radical (unpaired) electrons. The number of carboxylic acids is 1. The monoisotopic (exact) mass is 418 g/mol. The van der Waals surface area contributed by atoms with Crippen molar-refractivity contribution < 1.29 is 23.9 Å². The first-order valence-electron chi connectivity index (χ1n) is 9.97. The molecule has 0 bridgehead atoms. The Morgan fingerprint density at radius 3 is 2.53 bits per heavy atom. The number of nitrogens with zero attached hydrogens (tertiary/aromatic N) is 3. The number of hydrogen-bond acceptors (Lipinski definition) is 5. The standard InChI is InChI=1S/C20H23FN4O5/c1-23-18-13(25(20(23)30)14-4-5-15(26)22-19(14)29)3-2-12(17(18)21)24-8-6-11(7-9-24)10-16(27)28/h2-3,11,14H,4-10H2,1H3,(H,27,28)(H,22,26,29). The van der Waals surface area contributed by atoms with Crippen molar-refractivity contribution in [2.75, 3.05) is 18.0 Å². The van der Waals surface area contributed by atoms with Crippen LogP contribution >= 0.6 is 0 Å². The molecule has 1 unspecified atom stereocenters. The summed E-state index contributed by atoms with van der Waals surface area (Å²) in [5.41, 5.74) is 0.247. The average molecular weight is 418 g/mol. The van der Waals surface area contributed by atoms with Gasteiger partial charge in [0.25, 0.3) is 0 Å². The number of halogens is 1. The van der Waals surface area contributed by atoms with Crippen molar-refractivity contribution in [3.05, 3.63) is 28.4 Å². The summed E-state index contributed by atoms with van der Waals surface area (Å²) in [6.07, 6.45) is 1.72. The lowest BCUT2D eigenvalue weighted by Crippen LogP contribution is -2.44. The summed E-state index contributed by atoms with van der Waals surface area (Å²) in [6.45, 7) is 1.06. The third kappa shape index (κ3) is 3.35. The number of aryl methyl sites for hydroxylation is 1.